The molecule has 0 saturated heterocycles. The maximum atomic E-state index is 12.7. The summed E-state index contributed by atoms with van der Waals surface area (Å²) in [6, 6.07) is 15.2. The van der Waals surface area contributed by atoms with E-state index in [1.807, 2.05) is 24.3 Å². The van der Waals surface area contributed by atoms with Gasteiger partial charge in [0.05, 0.1) is 10.8 Å². The molecular formula is C25H26ClN5O2S. The van der Waals surface area contributed by atoms with Gasteiger partial charge in [0.25, 0.3) is 5.91 Å². The van der Waals surface area contributed by atoms with Crippen LogP contribution in [0.1, 0.15) is 54.9 Å². The first-order valence-electron chi connectivity index (χ1n) is 11.6. The Morgan fingerprint density at radius 2 is 1.82 bits per heavy atom. The predicted octanol–water partition coefficient (Wildman–Crippen LogP) is 5.34. The minimum atomic E-state index is -0.162. The minimum Gasteiger partial charge on any atom is -0.349 e. The molecule has 9 heteroatoms. The number of amides is 2. The quantitative estimate of drug-likeness (QED) is 0.412. The van der Waals surface area contributed by atoms with Crippen molar-refractivity contribution in [3.05, 3.63) is 59.1 Å². The van der Waals surface area contributed by atoms with Crippen LogP contribution in [0.4, 0.5) is 5.69 Å². The van der Waals surface area contributed by atoms with Crippen LogP contribution in [0.25, 0.3) is 11.4 Å². The minimum absolute atomic E-state index is 0.107. The number of aromatic nitrogens is 3. The lowest BCUT2D eigenvalue weighted by molar-refractivity contribution is -0.113. The Morgan fingerprint density at radius 1 is 1.03 bits per heavy atom. The predicted molar refractivity (Wildman–Crippen MR) is 134 cm³/mol. The SMILES string of the molecule is O=C(CSc1nnc(-c2ccccc2Cl)n1C1CCCC1)Nc1cccc(C(=O)NC2CC2)c1. The second kappa shape index (κ2) is 10.2. The van der Waals surface area contributed by atoms with Crippen LogP contribution in [-0.2, 0) is 4.79 Å². The molecule has 0 atom stereocenters. The summed E-state index contributed by atoms with van der Waals surface area (Å²) >= 11 is 7.81. The van der Waals surface area contributed by atoms with Crippen LogP contribution in [-0.4, -0.2) is 38.4 Å². The normalized spacial score (nSPS) is 15.9. The molecule has 2 saturated carbocycles. The number of carbonyl (C=O) groups excluding carboxylic acids is 2. The molecule has 0 unspecified atom stereocenters. The molecule has 0 radical (unpaired) electrons. The Morgan fingerprint density at radius 3 is 2.59 bits per heavy atom. The maximum Gasteiger partial charge on any atom is 0.251 e. The summed E-state index contributed by atoms with van der Waals surface area (Å²) in [5.41, 5.74) is 1.99. The van der Waals surface area contributed by atoms with Crippen LogP contribution in [0.3, 0.4) is 0 Å². The summed E-state index contributed by atoms with van der Waals surface area (Å²) in [5, 5.41) is 16.1. The summed E-state index contributed by atoms with van der Waals surface area (Å²) in [4.78, 5) is 25.0. The van der Waals surface area contributed by atoms with Crippen molar-refractivity contribution in [3.8, 4) is 11.4 Å². The molecule has 34 heavy (non-hydrogen) atoms. The van der Waals surface area contributed by atoms with E-state index in [4.69, 9.17) is 11.6 Å². The summed E-state index contributed by atoms with van der Waals surface area (Å²) in [6.45, 7) is 0. The third-order valence-electron chi connectivity index (χ3n) is 6.12. The van der Waals surface area contributed by atoms with Crippen LogP contribution in [0.15, 0.2) is 53.7 Å². The standard InChI is InChI=1S/C25H26ClN5O2S/c26-21-11-4-3-10-20(21)23-29-30-25(31(23)19-8-1-2-9-19)34-15-22(32)27-18-7-5-6-16(14-18)24(33)28-17-12-13-17/h3-7,10-11,14,17,19H,1-2,8-9,12-13,15H2,(H,27,32)(H,28,33). The van der Waals surface area contributed by atoms with Gasteiger partial charge in [-0.15, -0.1) is 10.2 Å². The average molecular weight is 496 g/mol. The van der Waals surface area contributed by atoms with Gasteiger partial charge in [-0.3, -0.25) is 14.2 Å². The fourth-order valence-electron chi connectivity index (χ4n) is 4.26. The van der Waals surface area contributed by atoms with Gasteiger partial charge in [-0.25, -0.2) is 0 Å². The summed E-state index contributed by atoms with van der Waals surface area (Å²) in [6.07, 6.45) is 6.52. The van der Waals surface area contributed by atoms with Crippen molar-refractivity contribution < 1.29 is 9.59 Å². The number of hydrogen-bond donors (Lipinski definition) is 2. The summed E-state index contributed by atoms with van der Waals surface area (Å²) < 4.78 is 2.15. The Hall–Kier alpha value is -2.84. The van der Waals surface area contributed by atoms with Crippen LogP contribution < -0.4 is 10.6 Å². The van der Waals surface area contributed by atoms with Gasteiger partial charge in [0, 0.05) is 28.9 Å². The first-order valence-corrected chi connectivity index (χ1v) is 13.0. The molecule has 0 aliphatic heterocycles. The zero-order valence-electron chi connectivity index (χ0n) is 18.7. The van der Waals surface area contributed by atoms with E-state index in [2.05, 4.69) is 25.4 Å². The van der Waals surface area contributed by atoms with Crippen molar-refractivity contribution in [2.24, 2.45) is 0 Å². The van der Waals surface area contributed by atoms with Crippen molar-refractivity contribution >= 4 is 40.9 Å². The highest BCUT2D eigenvalue weighted by atomic mass is 35.5. The molecule has 0 spiro atoms. The monoisotopic (exact) mass is 495 g/mol. The highest BCUT2D eigenvalue weighted by Gasteiger charge is 2.26. The molecule has 2 aromatic carbocycles. The number of hydrogen-bond acceptors (Lipinski definition) is 5. The smallest absolute Gasteiger partial charge is 0.251 e. The van der Waals surface area contributed by atoms with Gasteiger partial charge in [0.2, 0.25) is 5.91 Å². The number of thioether (sulfide) groups is 1. The first-order chi connectivity index (χ1) is 16.6. The number of nitrogens with one attached hydrogen (secondary N) is 2. The lowest BCUT2D eigenvalue weighted by atomic mass is 10.2. The summed E-state index contributed by atoms with van der Waals surface area (Å²) in [7, 11) is 0. The molecule has 176 valence electrons. The molecule has 5 rings (SSSR count). The van der Waals surface area contributed by atoms with Crippen molar-refractivity contribution in [1.82, 2.24) is 20.1 Å². The van der Waals surface area contributed by atoms with E-state index < -0.39 is 0 Å². The zero-order chi connectivity index (χ0) is 23.5. The highest BCUT2D eigenvalue weighted by Crippen LogP contribution is 2.38. The average Bonchev–Trinajstić information content (AvgIpc) is 3.31. The largest absolute Gasteiger partial charge is 0.349 e. The number of halogens is 1. The van der Waals surface area contributed by atoms with Gasteiger partial charge < -0.3 is 10.6 Å². The Kier molecular flexibility index (Phi) is 6.87. The maximum absolute atomic E-state index is 12.7. The van der Waals surface area contributed by atoms with E-state index in [1.165, 1.54) is 24.6 Å². The van der Waals surface area contributed by atoms with E-state index in [0.717, 1.165) is 42.2 Å². The van der Waals surface area contributed by atoms with Crippen LogP contribution in [0.2, 0.25) is 5.02 Å². The molecule has 0 bridgehead atoms. The molecule has 7 nitrogen and oxygen atoms in total. The topological polar surface area (TPSA) is 88.9 Å². The first kappa shape index (κ1) is 22.9. The van der Waals surface area contributed by atoms with Crippen molar-refractivity contribution in [3.63, 3.8) is 0 Å². The van der Waals surface area contributed by atoms with E-state index in [0.29, 0.717) is 22.3 Å². The van der Waals surface area contributed by atoms with Crippen molar-refractivity contribution in [2.45, 2.75) is 55.8 Å². The molecular weight excluding hydrogens is 470 g/mol. The molecule has 1 heterocycles. The van der Waals surface area contributed by atoms with E-state index >= 15 is 0 Å². The third-order valence-corrected chi connectivity index (χ3v) is 7.40. The number of benzene rings is 2. The molecule has 2 amide bonds. The molecule has 3 aromatic rings. The zero-order valence-corrected chi connectivity index (χ0v) is 20.2. The molecule has 2 aliphatic carbocycles. The lowest BCUT2D eigenvalue weighted by Gasteiger charge is -2.17. The van der Waals surface area contributed by atoms with E-state index in [-0.39, 0.29) is 23.6 Å². The fraction of sp³-hybridized carbons (Fsp3) is 0.360. The van der Waals surface area contributed by atoms with E-state index in [9.17, 15) is 9.59 Å². The van der Waals surface area contributed by atoms with Crippen molar-refractivity contribution in [2.75, 3.05) is 11.1 Å². The van der Waals surface area contributed by atoms with E-state index in [1.54, 1.807) is 24.3 Å². The number of carbonyl (C=O) groups is 2. The number of nitrogens with zero attached hydrogens (tertiary/aromatic N) is 3. The Labute approximate surface area is 207 Å². The van der Waals surface area contributed by atoms with Gasteiger partial charge in [-0.1, -0.05) is 54.4 Å². The van der Waals surface area contributed by atoms with Crippen LogP contribution in [0, 0.1) is 0 Å². The van der Waals surface area contributed by atoms with Crippen LogP contribution in [0.5, 0.6) is 0 Å². The number of anilines is 1. The Bertz CT molecular complexity index is 1200. The number of rotatable bonds is 8. The van der Waals surface area contributed by atoms with Gasteiger partial charge in [0.1, 0.15) is 0 Å². The van der Waals surface area contributed by atoms with Gasteiger partial charge in [0.15, 0.2) is 11.0 Å². The van der Waals surface area contributed by atoms with Gasteiger partial charge >= 0.3 is 0 Å². The second-order valence-corrected chi connectivity index (χ2v) is 10.1. The summed E-state index contributed by atoms with van der Waals surface area (Å²) in [5.74, 6) is 0.663. The van der Waals surface area contributed by atoms with Gasteiger partial charge in [-0.05, 0) is 56.0 Å². The highest BCUT2D eigenvalue weighted by molar-refractivity contribution is 7.99. The Balaban J connectivity index is 1.28. The molecule has 1 aromatic heterocycles. The fourth-order valence-corrected chi connectivity index (χ4v) is 5.28. The van der Waals surface area contributed by atoms with Crippen molar-refractivity contribution in [1.29, 1.82) is 0 Å². The third kappa shape index (κ3) is 5.28. The van der Waals surface area contributed by atoms with Crippen LogP contribution >= 0.6 is 23.4 Å². The van der Waals surface area contributed by atoms with Gasteiger partial charge in [-0.2, -0.15) is 0 Å². The molecule has 2 N–H and O–H groups in total. The second-order valence-electron chi connectivity index (χ2n) is 8.76. The molecule has 2 aliphatic rings. The molecule has 2 fully saturated rings. The lowest BCUT2D eigenvalue weighted by Crippen LogP contribution is -2.25.